The summed E-state index contributed by atoms with van der Waals surface area (Å²) < 4.78 is 5.39. The van der Waals surface area contributed by atoms with Gasteiger partial charge in [0, 0.05) is 5.75 Å². The van der Waals surface area contributed by atoms with Gasteiger partial charge in [0.1, 0.15) is 5.76 Å². The molecule has 0 unspecified atom stereocenters. The van der Waals surface area contributed by atoms with Crippen LogP contribution in [0.1, 0.15) is 31.7 Å². The van der Waals surface area contributed by atoms with Crippen LogP contribution in [-0.2, 0) is 4.79 Å². The molecule has 5 heteroatoms. The number of rotatable bonds is 5. The second-order valence-corrected chi connectivity index (χ2v) is 5.46. The molecule has 0 spiro atoms. The highest BCUT2D eigenvalue weighted by Gasteiger charge is 2.26. The minimum atomic E-state index is -0.770. The molecule has 0 saturated heterocycles. The van der Waals surface area contributed by atoms with E-state index < -0.39 is 11.4 Å². The first-order valence-corrected chi connectivity index (χ1v) is 6.12. The highest BCUT2D eigenvalue weighted by Crippen LogP contribution is 2.27. The lowest BCUT2D eigenvalue weighted by atomic mass is 9.91. The van der Waals surface area contributed by atoms with Crippen LogP contribution in [-0.4, -0.2) is 21.8 Å². The van der Waals surface area contributed by atoms with E-state index in [1.54, 1.807) is 13.8 Å². The molecule has 1 heterocycles. The highest BCUT2D eigenvalue weighted by atomic mass is 32.2. The summed E-state index contributed by atoms with van der Waals surface area (Å²) in [6, 6.07) is 0. The Morgan fingerprint density at radius 3 is 2.56 bits per heavy atom. The Morgan fingerprint density at radius 1 is 1.50 bits per heavy atom. The van der Waals surface area contributed by atoms with Crippen LogP contribution in [0.25, 0.3) is 0 Å². The van der Waals surface area contributed by atoms with Gasteiger partial charge in [0.25, 0.3) is 5.22 Å². The molecule has 16 heavy (non-hydrogen) atoms. The number of hydrogen-bond donors (Lipinski definition) is 1. The minimum absolute atomic E-state index is 0.591. The van der Waals surface area contributed by atoms with Gasteiger partial charge in [-0.2, -0.15) is 0 Å². The van der Waals surface area contributed by atoms with Gasteiger partial charge in [0.05, 0.1) is 11.1 Å². The molecular formula is C11H17NO3S. The fourth-order valence-corrected chi connectivity index (χ4v) is 2.18. The summed E-state index contributed by atoms with van der Waals surface area (Å²) in [5.74, 6) is 0.742. The maximum absolute atomic E-state index is 10.9. The number of carboxylic acid groups (broad SMARTS) is 1. The standard InChI is InChI=1S/C11H17NO3S/c1-7-8(2)15-10(12-7)16-6-5-11(3,4)9(13)14/h5-6H2,1-4H3,(H,13,14). The van der Waals surface area contributed by atoms with E-state index in [9.17, 15) is 4.79 Å². The molecule has 1 aromatic rings. The van der Waals surface area contributed by atoms with Gasteiger partial charge in [-0.3, -0.25) is 4.79 Å². The van der Waals surface area contributed by atoms with Crippen molar-refractivity contribution in [3.8, 4) is 0 Å². The Balaban J connectivity index is 2.44. The van der Waals surface area contributed by atoms with E-state index in [4.69, 9.17) is 9.52 Å². The summed E-state index contributed by atoms with van der Waals surface area (Å²) >= 11 is 1.46. The van der Waals surface area contributed by atoms with Gasteiger partial charge in [-0.15, -0.1) is 0 Å². The van der Waals surface area contributed by atoms with Crippen molar-refractivity contribution in [3.05, 3.63) is 11.5 Å². The van der Waals surface area contributed by atoms with Crippen molar-refractivity contribution < 1.29 is 14.3 Å². The van der Waals surface area contributed by atoms with Crippen LogP contribution in [0.15, 0.2) is 9.64 Å². The van der Waals surface area contributed by atoms with E-state index in [1.807, 2.05) is 13.8 Å². The summed E-state index contributed by atoms with van der Waals surface area (Å²) in [5.41, 5.74) is 0.198. The van der Waals surface area contributed by atoms with Crippen LogP contribution in [0.3, 0.4) is 0 Å². The predicted molar refractivity (Wildman–Crippen MR) is 62.7 cm³/mol. The molecular weight excluding hydrogens is 226 g/mol. The van der Waals surface area contributed by atoms with E-state index in [0.717, 1.165) is 11.5 Å². The SMILES string of the molecule is Cc1nc(SCCC(C)(C)C(=O)O)oc1C. The van der Waals surface area contributed by atoms with Crippen molar-refractivity contribution >= 4 is 17.7 Å². The maximum atomic E-state index is 10.9. The molecule has 0 bridgehead atoms. The number of carbonyl (C=O) groups is 1. The second kappa shape index (κ2) is 4.91. The van der Waals surface area contributed by atoms with Crippen LogP contribution in [0.5, 0.6) is 0 Å². The number of aliphatic carboxylic acids is 1. The Hall–Kier alpha value is -0.970. The number of thioether (sulfide) groups is 1. The molecule has 1 aromatic heterocycles. The van der Waals surface area contributed by atoms with Crippen LogP contribution >= 0.6 is 11.8 Å². The molecule has 0 aliphatic heterocycles. The number of aromatic nitrogens is 1. The van der Waals surface area contributed by atoms with Gasteiger partial charge in [-0.1, -0.05) is 11.8 Å². The van der Waals surface area contributed by atoms with E-state index in [0.29, 0.717) is 17.4 Å². The fraction of sp³-hybridized carbons (Fsp3) is 0.636. The van der Waals surface area contributed by atoms with Crippen LogP contribution in [0.2, 0.25) is 0 Å². The first kappa shape index (κ1) is 13.1. The normalized spacial score (nSPS) is 11.8. The largest absolute Gasteiger partial charge is 0.481 e. The smallest absolute Gasteiger partial charge is 0.309 e. The van der Waals surface area contributed by atoms with Crippen molar-refractivity contribution in [1.82, 2.24) is 4.98 Å². The third-order valence-corrected chi connectivity index (χ3v) is 3.37. The summed E-state index contributed by atoms with van der Waals surface area (Å²) in [6.07, 6.45) is 0.591. The lowest BCUT2D eigenvalue weighted by Crippen LogP contribution is -2.24. The lowest BCUT2D eigenvalue weighted by Gasteiger charge is -2.17. The van der Waals surface area contributed by atoms with Crippen LogP contribution in [0.4, 0.5) is 0 Å². The van der Waals surface area contributed by atoms with Crippen molar-refractivity contribution in [3.63, 3.8) is 0 Å². The molecule has 0 saturated carbocycles. The molecule has 0 aromatic carbocycles. The zero-order valence-corrected chi connectivity index (χ0v) is 10.8. The minimum Gasteiger partial charge on any atom is -0.481 e. The van der Waals surface area contributed by atoms with Crippen molar-refractivity contribution in [2.45, 2.75) is 39.3 Å². The summed E-state index contributed by atoms with van der Waals surface area (Å²) in [5, 5.41) is 9.56. The van der Waals surface area contributed by atoms with Gasteiger partial charge >= 0.3 is 5.97 Å². The molecule has 0 radical (unpaired) electrons. The van der Waals surface area contributed by atoms with E-state index in [2.05, 4.69) is 4.98 Å². The average molecular weight is 243 g/mol. The Bertz CT molecular complexity index is 365. The summed E-state index contributed by atoms with van der Waals surface area (Å²) in [6.45, 7) is 7.21. The molecule has 90 valence electrons. The maximum Gasteiger partial charge on any atom is 0.309 e. The van der Waals surface area contributed by atoms with E-state index >= 15 is 0 Å². The quantitative estimate of drug-likeness (QED) is 0.806. The van der Waals surface area contributed by atoms with Gasteiger partial charge in [-0.25, -0.2) is 4.98 Å². The predicted octanol–water partition coefficient (Wildman–Crippen LogP) is 2.88. The summed E-state index contributed by atoms with van der Waals surface area (Å²) in [7, 11) is 0. The number of aryl methyl sites for hydroxylation is 2. The fourth-order valence-electron chi connectivity index (χ4n) is 1.01. The molecule has 4 nitrogen and oxygen atoms in total. The zero-order valence-electron chi connectivity index (χ0n) is 10.0. The van der Waals surface area contributed by atoms with Crippen molar-refractivity contribution in [2.75, 3.05) is 5.75 Å². The Morgan fingerprint density at radius 2 is 2.12 bits per heavy atom. The average Bonchev–Trinajstić information content (AvgIpc) is 2.45. The number of nitrogens with zero attached hydrogens (tertiary/aromatic N) is 1. The number of oxazole rings is 1. The topological polar surface area (TPSA) is 63.3 Å². The third-order valence-electron chi connectivity index (χ3n) is 2.54. The van der Waals surface area contributed by atoms with Crippen molar-refractivity contribution in [2.24, 2.45) is 5.41 Å². The van der Waals surface area contributed by atoms with E-state index in [-0.39, 0.29) is 0 Å². The summed E-state index contributed by atoms with van der Waals surface area (Å²) in [4.78, 5) is 15.1. The van der Waals surface area contributed by atoms with Gasteiger partial charge in [0.15, 0.2) is 0 Å². The van der Waals surface area contributed by atoms with Gasteiger partial charge < -0.3 is 9.52 Å². The molecule has 0 aliphatic carbocycles. The van der Waals surface area contributed by atoms with Crippen LogP contribution in [0, 0.1) is 19.3 Å². The zero-order chi connectivity index (χ0) is 12.3. The first-order chi connectivity index (χ1) is 7.33. The van der Waals surface area contributed by atoms with Crippen molar-refractivity contribution in [1.29, 1.82) is 0 Å². The molecule has 0 aliphatic rings. The third kappa shape index (κ3) is 3.27. The molecule has 1 N–H and O–H groups in total. The Labute approximate surface area is 99.4 Å². The number of hydrogen-bond acceptors (Lipinski definition) is 4. The van der Waals surface area contributed by atoms with E-state index in [1.165, 1.54) is 11.8 Å². The van der Waals surface area contributed by atoms with Gasteiger partial charge in [0.2, 0.25) is 0 Å². The molecule has 1 rings (SSSR count). The monoisotopic (exact) mass is 243 g/mol. The Kier molecular flexibility index (Phi) is 4.02. The van der Waals surface area contributed by atoms with Crippen LogP contribution < -0.4 is 0 Å². The first-order valence-electron chi connectivity index (χ1n) is 5.13. The molecule has 0 amide bonds. The second-order valence-electron chi connectivity index (χ2n) is 4.41. The lowest BCUT2D eigenvalue weighted by molar-refractivity contribution is -0.146. The number of carboxylic acids is 1. The highest BCUT2D eigenvalue weighted by molar-refractivity contribution is 7.99. The molecule has 0 fully saturated rings. The van der Waals surface area contributed by atoms with Gasteiger partial charge in [-0.05, 0) is 34.1 Å². The molecule has 0 atom stereocenters.